The molecule has 12 rings (SSSR count). The molecular formula is C57H37NO. The van der Waals surface area contributed by atoms with Gasteiger partial charge in [0, 0.05) is 32.8 Å². The Morgan fingerprint density at radius 2 is 1.02 bits per heavy atom. The second kappa shape index (κ2) is 13.2. The van der Waals surface area contributed by atoms with E-state index in [2.05, 4.69) is 151 Å². The number of nitrogens with zero attached hydrogens (tertiary/aromatic N) is 1. The summed E-state index contributed by atoms with van der Waals surface area (Å²) in [6.07, 6.45) is 0. The molecule has 0 aliphatic heterocycles. The SMILES string of the molecule is [2H]c1c([2H])c([2H])c2c(-c3ccccc3)c3cc(C)ccc3c(-c3ccc(-c4ccc5oc6ccccc6c5c4-c4ccc5c6ccccc6n(-c6ccccc6)c5c4)cc3)c2c1[2H]. The van der Waals surface area contributed by atoms with Gasteiger partial charge in [0.05, 0.1) is 16.5 Å². The van der Waals surface area contributed by atoms with Crippen molar-refractivity contribution in [3.8, 4) is 50.2 Å². The minimum Gasteiger partial charge on any atom is -0.456 e. The van der Waals surface area contributed by atoms with Crippen LogP contribution in [0.1, 0.15) is 11.0 Å². The summed E-state index contributed by atoms with van der Waals surface area (Å²) < 4.78 is 45.2. The molecular weight excluding hydrogens is 715 g/mol. The first kappa shape index (κ1) is 29.5. The fourth-order valence-electron chi connectivity index (χ4n) is 9.40. The van der Waals surface area contributed by atoms with Crippen molar-refractivity contribution in [2.24, 2.45) is 0 Å². The molecule has 2 heteroatoms. The molecule has 2 heterocycles. The maximum atomic E-state index is 9.38. The standard InChI is InChI=1S/C57H37NO/c1-36-24-30-47-49(34-36)55(38-14-4-2-5-15-38)46-20-9-8-19-45(46)54(47)39-27-25-37(26-28-39)42-32-33-53-57(48-21-11-13-23-52(48)59-53)56(42)40-29-31-44-43-18-10-12-22-50(43)58(51(44)35-40)41-16-6-3-7-17-41/h2-35H,1H3/i8D,9D,19D,20D. The van der Waals surface area contributed by atoms with Gasteiger partial charge < -0.3 is 8.98 Å². The van der Waals surface area contributed by atoms with E-state index in [0.717, 1.165) is 99.5 Å². The molecule has 0 fully saturated rings. The normalized spacial score (nSPS) is 12.8. The monoisotopic (exact) mass is 755 g/mol. The summed E-state index contributed by atoms with van der Waals surface area (Å²) >= 11 is 0. The van der Waals surface area contributed by atoms with Crippen LogP contribution in [-0.4, -0.2) is 4.57 Å². The quantitative estimate of drug-likeness (QED) is 0.160. The van der Waals surface area contributed by atoms with Gasteiger partial charge in [-0.1, -0.05) is 175 Å². The van der Waals surface area contributed by atoms with E-state index in [9.17, 15) is 2.74 Å². The van der Waals surface area contributed by atoms with Crippen LogP contribution in [0.5, 0.6) is 0 Å². The first-order valence-corrected chi connectivity index (χ1v) is 20.0. The van der Waals surface area contributed by atoms with Crippen LogP contribution < -0.4 is 0 Å². The minimum absolute atomic E-state index is 0.0420. The van der Waals surface area contributed by atoms with Crippen molar-refractivity contribution in [3.05, 3.63) is 212 Å². The number of furan rings is 1. The number of rotatable bonds is 5. The van der Waals surface area contributed by atoms with Gasteiger partial charge in [0.25, 0.3) is 0 Å². The molecule has 0 atom stereocenters. The van der Waals surface area contributed by atoms with E-state index in [1.165, 1.54) is 10.8 Å². The van der Waals surface area contributed by atoms with E-state index in [0.29, 0.717) is 10.8 Å². The topological polar surface area (TPSA) is 18.1 Å². The summed E-state index contributed by atoms with van der Waals surface area (Å²) in [5.41, 5.74) is 13.6. The summed E-state index contributed by atoms with van der Waals surface area (Å²) in [4.78, 5) is 0. The van der Waals surface area contributed by atoms with Crippen molar-refractivity contribution in [1.29, 1.82) is 0 Å². The number of fused-ring (bicyclic) bond motifs is 8. The molecule has 276 valence electrons. The van der Waals surface area contributed by atoms with Crippen molar-refractivity contribution >= 4 is 65.3 Å². The molecule has 0 N–H and O–H groups in total. The number of hydrogen-bond acceptors (Lipinski definition) is 1. The van der Waals surface area contributed by atoms with Gasteiger partial charge in [-0.25, -0.2) is 0 Å². The first-order valence-electron chi connectivity index (χ1n) is 22.0. The Labute approximate surface area is 347 Å². The average Bonchev–Trinajstić information content (AvgIpc) is 3.88. The Balaban J connectivity index is 1.12. The molecule has 0 bridgehead atoms. The lowest BCUT2D eigenvalue weighted by molar-refractivity contribution is 0.669. The lowest BCUT2D eigenvalue weighted by Crippen LogP contribution is -1.94. The Morgan fingerprint density at radius 1 is 0.407 bits per heavy atom. The van der Waals surface area contributed by atoms with Crippen LogP contribution in [0.3, 0.4) is 0 Å². The number of aryl methyl sites for hydroxylation is 1. The second-order valence-corrected chi connectivity index (χ2v) is 15.4. The van der Waals surface area contributed by atoms with Crippen molar-refractivity contribution < 1.29 is 9.90 Å². The Hall–Kier alpha value is -7.68. The molecule has 0 spiro atoms. The predicted molar refractivity (Wildman–Crippen MR) is 250 cm³/mol. The highest BCUT2D eigenvalue weighted by Gasteiger charge is 2.21. The van der Waals surface area contributed by atoms with E-state index in [1.54, 1.807) is 0 Å². The lowest BCUT2D eigenvalue weighted by atomic mass is 9.85. The Morgan fingerprint density at radius 3 is 1.81 bits per heavy atom. The van der Waals surface area contributed by atoms with Crippen molar-refractivity contribution in [1.82, 2.24) is 4.57 Å². The van der Waals surface area contributed by atoms with E-state index >= 15 is 0 Å². The average molecular weight is 756 g/mol. The summed E-state index contributed by atoms with van der Waals surface area (Å²) in [5.74, 6) is 0. The van der Waals surface area contributed by atoms with Gasteiger partial charge in [0.1, 0.15) is 11.2 Å². The van der Waals surface area contributed by atoms with E-state index in [1.807, 2.05) is 42.5 Å². The molecule has 0 unspecified atom stereocenters. The third-order valence-corrected chi connectivity index (χ3v) is 12.0. The Bertz CT molecular complexity index is 3830. The maximum absolute atomic E-state index is 9.38. The fourth-order valence-corrected chi connectivity index (χ4v) is 9.40. The highest BCUT2D eigenvalue weighted by atomic mass is 16.3. The molecule has 2 aromatic heterocycles. The van der Waals surface area contributed by atoms with Crippen LogP contribution in [0, 0.1) is 6.92 Å². The van der Waals surface area contributed by atoms with Crippen LogP contribution in [0.4, 0.5) is 0 Å². The van der Waals surface area contributed by atoms with Gasteiger partial charge in [-0.3, -0.25) is 0 Å². The van der Waals surface area contributed by atoms with Crippen LogP contribution in [-0.2, 0) is 0 Å². The van der Waals surface area contributed by atoms with E-state index in [4.69, 9.17) is 7.16 Å². The van der Waals surface area contributed by atoms with Crippen LogP contribution in [0.2, 0.25) is 0 Å². The van der Waals surface area contributed by atoms with Crippen molar-refractivity contribution in [3.63, 3.8) is 0 Å². The number of benzene rings is 10. The molecule has 0 amide bonds. The Kier molecular flexibility index (Phi) is 6.61. The van der Waals surface area contributed by atoms with Gasteiger partial charge in [0.15, 0.2) is 0 Å². The van der Waals surface area contributed by atoms with Crippen LogP contribution in [0.15, 0.2) is 211 Å². The highest BCUT2D eigenvalue weighted by molar-refractivity contribution is 6.22. The third-order valence-electron chi connectivity index (χ3n) is 12.0. The molecule has 0 aliphatic rings. The summed E-state index contributed by atoms with van der Waals surface area (Å²) in [5, 5.41) is 7.38. The zero-order chi connectivity index (χ0) is 42.5. The fraction of sp³-hybridized carbons (Fsp3) is 0.0175. The number of hydrogen-bond donors (Lipinski definition) is 0. The molecule has 0 radical (unpaired) electrons. The largest absolute Gasteiger partial charge is 0.456 e. The number of para-hydroxylation sites is 3. The van der Waals surface area contributed by atoms with Gasteiger partial charge in [0.2, 0.25) is 0 Å². The van der Waals surface area contributed by atoms with Crippen LogP contribution in [0.25, 0.3) is 115 Å². The van der Waals surface area contributed by atoms with Gasteiger partial charge in [-0.05, 0) is 104 Å². The van der Waals surface area contributed by atoms with Gasteiger partial charge in [-0.15, -0.1) is 0 Å². The first-order chi connectivity index (χ1) is 30.9. The van der Waals surface area contributed by atoms with Gasteiger partial charge >= 0.3 is 0 Å². The molecule has 0 aliphatic carbocycles. The van der Waals surface area contributed by atoms with Gasteiger partial charge in [-0.2, -0.15) is 0 Å². The zero-order valence-electron chi connectivity index (χ0n) is 36.2. The summed E-state index contributed by atoms with van der Waals surface area (Å²) in [6, 6.07) is 62.6. The van der Waals surface area contributed by atoms with Crippen molar-refractivity contribution in [2.45, 2.75) is 6.92 Å². The third kappa shape index (κ3) is 5.20. The molecule has 0 saturated heterocycles. The summed E-state index contributed by atoms with van der Waals surface area (Å²) in [7, 11) is 0. The molecule has 2 nitrogen and oxygen atoms in total. The molecule has 12 aromatic rings. The van der Waals surface area contributed by atoms with Crippen LogP contribution >= 0.6 is 0 Å². The highest BCUT2D eigenvalue weighted by Crippen LogP contribution is 2.47. The molecule has 10 aromatic carbocycles. The smallest absolute Gasteiger partial charge is 0.136 e. The van der Waals surface area contributed by atoms with E-state index < -0.39 is 0 Å². The zero-order valence-corrected chi connectivity index (χ0v) is 32.2. The lowest BCUT2D eigenvalue weighted by Gasteiger charge is -2.19. The number of aromatic nitrogens is 1. The molecule has 0 saturated carbocycles. The van der Waals surface area contributed by atoms with E-state index in [-0.39, 0.29) is 24.2 Å². The predicted octanol–water partition coefficient (Wildman–Crippen LogP) is 16.0. The minimum atomic E-state index is -0.246. The molecule has 59 heavy (non-hydrogen) atoms. The summed E-state index contributed by atoms with van der Waals surface area (Å²) in [6.45, 7) is 2.06. The maximum Gasteiger partial charge on any atom is 0.136 e. The van der Waals surface area contributed by atoms with Crippen molar-refractivity contribution in [2.75, 3.05) is 0 Å². The second-order valence-electron chi connectivity index (χ2n) is 15.4.